The maximum atomic E-state index is 11.0. The molecular weight excluding hydrogens is 206 g/mol. The van der Waals surface area contributed by atoms with Gasteiger partial charge in [-0.15, -0.1) is 0 Å². The molecule has 1 rings (SSSR count). The fourth-order valence-corrected chi connectivity index (χ4v) is 1.36. The van der Waals surface area contributed by atoms with Crippen molar-refractivity contribution in [1.29, 1.82) is 0 Å². The lowest BCUT2D eigenvalue weighted by atomic mass is 10.2. The number of primary amides is 1. The van der Waals surface area contributed by atoms with E-state index in [0.717, 1.165) is 0 Å². The lowest BCUT2D eigenvalue weighted by molar-refractivity contribution is 0.0997. The first-order valence-electron chi connectivity index (χ1n) is 3.81. The minimum absolute atomic E-state index is 0.205. The number of carbonyl (C=O) groups excluding carboxylic acids is 1. The molecule has 0 aliphatic rings. The number of hydrogen-bond donors (Lipinski definition) is 1. The first kappa shape index (κ1) is 10.7. The summed E-state index contributed by atoms with van der Waals surface area (Å²) in [4.78, 5) is 11.0. The lowest BCUT2D eigenvalue weighted by Crippen LogP contribution is -2.12. The molecule has 0 radical (unpaired) electrons. The predicted molar refractivity (Wildman–Crippen MR) is 53.1 cm³/mol. The van der Waals surface area contributed by atoms with Gasteiger partial charge in [-0.25, -0.2) is 0 Å². The highest BCUT2D eigenvalue weighted by Crippen LogP contribution is 2.32. The molecule has 2 N–H and O–H groups in total. The third-order valence-electron chi connectivity index (χ3n) is 1.72. The van der Waals surface area contributed by atoms with Crippen LogP contribution >= 0.6 is 11.6 Å². The van der Waals surface area contributed by atoms with E-state index in [1.54, 1.807) is 6.07 Å². The summed E-state index contributed by atoms with van der Waals surface area (Å²) in [6.07, 6.45) is 0. The molecule has 0 aliphatic carbocycles. The monoisotopic (exact) mass is 215 g/mol. The van der Waals surface area contributed by atoms with Crippen LogP contribution in [0.4, 0.5) is 0 Å². The van der Waals surface area contributed by atoms with Gasteiger partial charge in [0.1, 0.15) is 11.5 Å². The lowest BCUT2D eigenvalue weighted by Gasteiger charge is -2.09. The summed E-state index contributed by atoms with van der Waals surface area (Å²) in [5, 5.41) is 0.292. The van der Waals surface area contributed by atoms with Crippen molar-refractivity contribution >= 4 is 17.5 Å². The maximum Gasteiger partial charge on any atom is 0.252 e. The molecule has 1 aromatic carbocycles. The Labute approximate surface area is 86.6 Å². The molecule has 0 fully saturated rings. The second kappa shape index (κ2) is 4.19. The smallest absolute Gasteiger partial charge is 0.252 e. The van der Waals surface area contributed by atoms with Gasteiger partial charge < -0.3 is 15.2 Å². The highest BCUT2D eigenvalue weighted by Gasteiger charge is 2.14. The minimum Gasteiger partial charge on any atom is -0.497 e. The average molecular weight is 216 g/mol. The summed E-state index contributed by atoms with van der Waals surface area (Å²) in [5.74, 6) is 0.118. The molecule has 14 heavy (non-hydrogen) atoms. The van der Waals surface area contributed by atoms with E-state index < -0.39 is 5.91 Å². The molecule has 4 nitrogen and oxygen atoms in total. The quantitative estimate of drug-likeness (QED) is 0.830. The molecule has 1 aromatic rings. The van der Waals surface area contributed by atoms with Crippen LogP contribution in [0.2, 0.25) is 5.02 Å². The number of nitrogens with two attached hydrogens (primary N) is 1. The zero-order valence-electron chi connectivity index (χ0n) is 7.83. The first-order valence-corrected chi connectivity index (χ1v) is 4.19. The van der Waals surface area contributed by atoms with Crippen LogP contribution in [0.3, 0.4) is 0 Å². The molecule has 0 spiro atoms. The summed E-state index contributed by atoms with van der Waals surface area (Å²) < 4.78 is 9.89. The van der Waals surface area contributed by atoms with Crippen molar-refractivity contribution in [2.75, 3.05) is 14.2 Å². The number of carbonyl (C=O) groups is 1. The number of benzene rings is 1. The third-order valence-corrected chi connectivity index (χ3v) is 2.00. The Morgan fingerprint density at radius 2 is 2.00 bits per heavy atom. The van der Waals surface area contributed by atoms with E-state index in [9.17, 15) is 4.79 Å². The van der Waals surface area contributed by atoms with Crippen molar-refractivity contribution in [3.8, 4) is 11.5 Å². The second-order valence-corrected chi connectivity index (χ2v) is 2.96. The average Bonchev–Trinajstić information content (AvgIpc) is 2.16. The largest absolute Gasteiger partial charge is 0.497 e. The number of halogens is 1. The number of amides is 1. The van der Waals surface area contributed by atoms with E-state index in [-0.39, 0.29) is 11.3 Å². The molecule has 0 saturated carbocycles. The van der Waals surface area contributed by atoms with Gasteiger partial charge in [-0.2, -0.15) is 0 Å². The van der Waals surface area contributed by atoms with Crippen molar-refractivity contribution < 1.29 is 14.3 Å². The van der Waals surface area contributed by atoms with Gasteiger partial charge in [0.2, 0.25) is 0 Å². The van der Waals surface area contributed by atoms with E-state index in [0.29, 0.717) is 10.8 Å². The number of methoxy groups -OCH3 is 2. The Hall–Kier alpha value is -1.42. The van der Waals surface area contributed by atoms with Crippen LogP contribution in [-0.2, 0) is 0 Å². The predicted octanol–water partition coefficient (Wildman–Crippen LogP) is 1.46. The second-order valence-electron chi connectivity index (χ2n) is 2.55. The summed E-state index contributed by atoms with van der Waals surface area (Å²) in [7, 11) is 2.89. The summed E-state index contributed by atoms with van der Waals surface area (Å²) in [6.45, 7) is 0. The Kier molecular flexibility index (Phi) is 3.19. The third kappa shape index (κ3) is 1.90. The molecule has 0 saturated heterocycles. The zero-order valence-corrected chi connectivity index (χ0v) is 8.59. The molecule has 0 heterocycles. The van der Waals surface area contributed by atoms with Crippen LogP contribution in [0.25, 0.3) is 0 Å². The topological polar surface area (TPSA) is 61.6 Å². The van der Waals surface area contributed by atoms with Crippen molar-refractivity contribution in [1.82, 2.24) is 0 Å². The Morgan fingerprint density at radius 3 is 2.43 bits per heavy atom. The number of hydrogen-bond acceptors (Lipinski definition) is 3. The van der Waals surface area contributed by atoms with Crippen LogP contribution in [0, 0.1) is 0 Å². The molecule has 0 unspecified atom stereocenters. The van der Waals surface area contributed by atoms with Crippen molar-refractivity contribution in [3.63, 3.8) is 0 Å². The minimum atomic E-state index is -0.609. The SMILES string of the molecule is COc1cc(Cl)c(OC)c(C(N)=O)c1. The van der Waals surface area contributed by atoms with Crippen LogP contribution in [0.1, 0.15) is 10.4 Å². The molecule has 1 amide bonds. The zero-order chi connectivity index (χ0) is 10.7. The van der Waals surface area contributed by atoms with Gasteiger partial charge in [-0.1, -0.05) is 11.6 Å². The van der Waals surface area contributed by atoms with E-state index in [2.05, 4.69) is 0 Å². The van der Waals surface area contributed by atoms with Crippen LogP contribution in [0.5, 0.6) is 11.5 Å². The standard InChI is InChI=1S/C9H10ClNO3/c1-13-5-3-6(9(11)12)8(14-2)7(10)4-5/h3-4H,1-2H3,(H2,11,12). The highest BCUT2D eigenvalue weighted by molar-refractivity contribution is 6.32. The number of rotatable bonds is 3. The van der Waals surface area contributed by atoms with Gasteiger partial charge in [0, 0.05) is 6.07 Å². The Balaban J connectivity index is 3.35. The van der Waals surface area contributed by atoms with Gasteiger partial charge >= 0.3 is 0 Å². The van der Waals surface area contributed by atoms with Gasteiger partial charge in [-0.05, 0) is 6.07 Å². The molecule has 0 aliphatic heterocycles. The van der Waals surface area contributed by atoms with E-state index in [1.165, 1.54) is 20.3 Å². The molecule has 0 aromatic heterocycles. The van der Waals surface area contributed by atoms with Crippen molar-refractivity contribution in [2.24, 2.45) is 5.73 Å². The van der Waals surface area contributed by atoms with Crippen LogP contribution in [-0.4, -0.2) is 20.1 Å². The van der Waals surface area contributed by atoms with Gasteiger partial charge in [0.15, 0.2) is 0 Å². The van der Waals surface area contributed by atoms with Crippen LogP contribution in [0.15, 0.2) is 12.1 Å². The van der Waals surface area contributed by atoms with Crippen molar-refractivity contribution in [3.05, 3.63) is 22.7 Å². The molecular formula is C9H10ClNO3. The molecule has 76 valence electrons. The maximum absolute atomic E-state index is 11.0. The van der Waals surface area contributed by atoms with E-state index in [4.69, 9.17) is 26.8 Å². The van der Waals surface area contributed by atoms with E-state index in [1.807, 2.05) is 0 Å². The normalized spacial score (nSPS) is 9.64. The molecule has 0 atom stereocenters. The fourth-order valence-electron chi connectivity index (χ4n) is 1.08. The van der Waals surface area contributed by atoms with Crippen LogP contribution < -0.4 is 15.2 Å². The molecule has 5 heteroatoms. The van der Waals surface area contributed by atoms with Crippen molar-refractivity contribution in [2.45, 2.75) is 0 Å². The first-order chi connectivity index (χ1) is 6.60. The Bertz CT molecular complexity index is 365. The fraction of sp³-hybridized carbons (Fsp3) is 0.222. The van der Waals surface area contributed by atoms with Gasteiger partial charge in [-0.3, -0.25) is 4.79 Å². The highest BCUT2D eigenvalue weighted by atomic mass is 35.5. The summed E-state index contributed by atoms with van der Waals surface area (Å²) in [5.41, 5.74) is 5.35. The van der Waals surface area contributed by atoms with Gasteiger partial charge in [0.25, 0.3) is 5.91 Å². The number of ether oxygens (including phenoxy) is 2. The molecule has 0 bridgehead atoms. The summed E-state index contributed by atoms with van der Waals surface area (Å²) in [6, 6.07) is 3.03. The van der Waals surface area contributed by atoms with Gasteiger partial charge in [0.05, 0.1) is 24.8 Å². The Morgan fingerprint density at radius 1 is 1.36 bits per heavy atom. The van der Waals surface area contributed by atoms with E-state index >= 15 is 0 Å². The summed E-state index contributed by atoms with van der Waals surface area (Å²) >= 11 is 5.84.